The van der Waals surface area contributed by atoms with Crippen LogP contribution in [0.2, 0.25) is 0 Å². The first-order valence-corrected chi connectivity index (χ1v) is 5.82. The first-order chi connectivity index (χ1) is 9.16. The van der Waals surface area contributed by atoms with Crippen LogP contribution in [0, 0.1) is 18.6 Å². The van der Waals surface area contributed by atoms with Crippen LogP contribution in [0.3, 0.4) is 0 Å². The Labute approximate surface area is 110 Å². The monoisotopic (exact) mass is 261 g/mol. The zero-order valence-corrected chi connectivity index (χ0v) is 10.4. The molecule has 2 aromatic carbocycles. The molecule has 2 rings (SSSR count). The van der Waals surface area contributed by atoms with E-state index in [1.807, 2.05) is 31.2 Å². The lowest BCUT2D eigenvalue weighted by atomic mass is 10.2. The second-order valence-corrected chi connectivity index (χ2v) is 4.14. The number of hydrogen-bond donors (Lipinski definition) is 0. The van der Waals surface area contributed by atoms with Crippen LogP contribution in [0.25, 0.3) is 0 Å². The van der Waals surface area contributed by atoms with Gasteiger partial charge in [0.1, 0.15) is 6.61 Å². The van der Waals surface area contributed by atoms with Crippen LogP contribution in [-0.4, -0.2) is 6.21 Å². The number of nitrogens with zero attached hydrogens (tertiary/aromatic N) is 1. The molecule has 98 valence electrons. The van der Waals surface area contributed by atoms with E-state index in [2.05, 4.69) is 5.16 Å². The number of rotatable bonds is 4. The third kappa shape index (κ3) is 3.61. The summed E-state index contributed by atoms with van der Waals surface area (Å²) in [5.41, 5.74) is 2.14. The van der Waals surface area contributed by atoms with E-state index in [1.165, 1.54) is 18.3 Å². The van der Waals surface area contributed by atoms with Crippen LogP contribution in [0.5, 0.6) is 0 Å². The van der Waals surface area contributed by atoms with Crippen LogP contribution >= 0.6 is 0 Å². The summed E-state index contributed by atoms with van der Waals surface area (Å²) in [5.74, 6) is -1.78. The van der Waals surface area contributed by atoms with Gasteiger partial charge >= 0.3 is 0 Å². The van der Waals surface area contributed by atoms with Gasteiger partial charge < -0.3 is 4.84 Å². The summed E-state index contributed by atoms with van der Waals surface area (Å²) in [6, 6.07) is 11.7. The highest BCUT2D eigenvalue weighted by Crippen LogP contribution is 2.12. The quantitative estimate of drug-likeness (QED) is 0.605. The van der Waals surface area contributed by atoms with Crippen molar-refractivity contribution in [3.05, 3.63) is 70.8 Å². The largest absolute Gasteiger partial charge is 0.391 e. The summed E-state index contributed by atoms with van der Waals surface area (Å²) >= 11 is 0. The van der Waals surface area contributed by atoms with Gasteiger partial charge in [0, 0.05) is 5.56 Å². The summed E-state index contributed by atoms with van der Waals surface area (Å²) in [4.78, 5) is 4.96. The van der Waals surface area contributed by atoms with Gasteiger partial charge in [-0.05, 0) is 18.6 Å². The lowest BCUT2D eigenvalue weighted by molar-refractivity contribution is 0.129. The maximum atomic E-state index is 13.3. The Hall–Kier alpha value is -2.23. The van der Waals surface area contributed by atoms with Gasteiger partial charge in [0.25, 0.3) is 0 Å². The third-order valence-corrected chi connectivity index (χ3v) is 2.57. The molecule has 2 aromatic rings. The van der Waals surface area contributed by atoms with Crippen molar-refractivity contribution in [2.75, 3.05) is 0 Å². The molecule has 0 atom stereocenters. The molecule has 2 nitrogen and oxygen atoms in total. The minimum atomic E-state index is -0.895. The molecule has 4 heteroatoms. The average molecular weight is 261 g/mol. The Morgan fingerprint density at radius 2 is 1.95 bits per heavy atom. The van der Waals surface area contributed by atoms with Crippen LogP contribution in [0.1, 0.15) is 16.7 Å². The van der Waals surface area contributed by atoms with Crippen molar-refractivity contribution >= 4 is 6.21 Å². The normalized spacial score (nSPS) is 10.9. The van der Waals surface area contributed by atoms with Crippen molar-refractivity contribution < 1.29 is 13.6 Å². The van der Waals surface area contributed by atoms with Gasteiger partial charge in [-0.25, -0.2) is 8.78 Å². The maximum Gasteiger partial charge on any atom is 0.165 e. The van der Waals surface area contributed by atoms with Gasteiger partial charge in [-0.1, -0.05) is 47.1 Å². The molecule has 0 radical (unpaired) electrons. The fraction of sp³-hybridized carbons (Fsp3) is 0.133. The summed E-state index contributed by atoms with van der Waals surface area (Å²) in [7, 11) is 0. The Morgan fingerprint density at radius 1 is 1.16 bits per heavy atom. The standard InChI is InChI=1S/C15H13F2NO/c1-11-4-2-5-12(8-11)9-18-19-10-13-6-3-7-14(16)15(13)17/h2-9H,10H2,1H3. The highest BCUT2D eigenvalue weighted by molar-refractivity contribution is 5.79. The van der Waals surface area contributed by atoms with Crippen molar-refractivity contribution in [1.29, 1.82) is 0 Å². The Morgan fingerprint density at radius 3 is 2.74 bits per heavy atom. The Kier molecular flexibility index (Phi) is 4.23. The number of hydrogen-bond acceptors (Lipinski definition) is 2. The summed E-state index contributed by atoms with van der Waals surface area (Å²) in [6.07, 6.45) is 1.53. The van der Waals surface area contributed by atoms with Gasteiger partial charge in [-0.15, -0.1) is 0 Å². The fourth-order valence-corrected chi connectivity index (χ4v) is 1.62. The molecule has 0 unspecified atom stereocenters. The SMILES string of the molecule is Cc1cccc(C=NOCc2cccc(F)c2F)c1. The molecule has 0 N–H and O–H groups in total. The van der Waals surface area contributed by atoms with Gasteiger partial charge in [0.05, 0.1) is 6.21 Å². The molecule has 0 aliphatic carbocycles. The molecule has 0 saturated carbocycles. The van der Waals surface area contributed by atoms with E-state index in [9.17, 15) is 8.78 Å². The molecule has 0 aromatic heterocycles. The predicted octanol–water partition coefficient (Wildman–Crippen LogP) is 3.82. The molecule has 0 aliphatic heterocycles. The summed E-state index contributed by atoms with van der Waals surface area (Å²) < 4.78 is 26.2. The molecule has 0 spiro atoms. The Bertz CT molecular complexity index is 596. The molecule has 0 fully saturated rings. The number of oxime groups is 1. The van der Waals surface area contributed by atoms with Gasteiger partial charge in [0.2, 0.25) is 0 Å². The second-order valence-electron chi connectivity index (χ2n) is 4.14. The molecule has 0 amide bonds. The average Bonchev–Trinajstić information content (AvgIpc) is 2.39. The number of benzene rings is 2. The van der Waals surface area contributed by atoms with E-state index in [1.54, 1.807) is 0 Å². The van der Waals surface area contributed by atoms with Gasteiger partial charge in [-0.2, -0.15) is 0 Å². The molecule has 19 heavy (non-hydrogen) atoms. The van der Waals surface area contributed by atoms with E-state index >= 15 is 0 Å². The van der Waals surface area contributed by atoms with Crippen LogP contribution < -0.4 is 0 Å². The minimum absolute atomic E-state index is 0.105. The lowest BCUT2D eigenvalue weighted by Crippen LogP contribution is -1.95. The zero-order valence-electron chi connectivity index (χ0n) is 10.4. The van der Waals surface area contributed by atoms with Crippen LogP contribution in [-0.2, 0) is 11.4 Å². The predicted molar refractivity (Wildman–Crippen MR) is 69.9 cm³/mol. The second kappa shape index (κ2) is 6.09. The van der Waals surface area contributed by atoms with E-state index in [4.69, 9.17) is 4.84 Å². The molecule has 0 aliphatic rings. The van der Waals surface area contributed by atoms with Crippen molar-refractivity contribution in [3.8, 4) is 0 Å². The van der Waals surface area contributed by atoms with E-state index in [0.29, 0.717) is 0 Å². The first-order valence-electron chi connectivity index (χ1n) is 5.82. The van der Waals surface area contributed by atoms with Crippen molar-refractivity contribution in [2.24, 2.45) is 5.16 Å². The molecule has 0 saturated heterocycles. The molecular weight excluding hydrogens is 248 g/mol. The van der Waals surface area contributed by atoms with E-state index < -0.39 is 11.6 Å². The van der Waals surface area contributed by atoms with Crippen LogP contribution in [0.4, 0.5) is 8.78 Å². The summed E-state index contributed by atoms with van der Waals surface area (Å²) in [6.45, 7) is 1.87. The zero-order chi connectivity index (χ0) is 13.7. The molecule has 0 bridgehead atoms. The van der Waals surface area contributed by atoms with Crippen molar-refractivity contribution in [1.82, 2.24) is 0 Å². The number of halogens is 2. The smallest absolute Gasteiger partial charge is 0.165 e. The Balaban J connectivity index is 1.95. The fourth-order valence-electron chi connectivity index (χ4n) is 1.62. The van der Waals surface area contributed by atoms with E-state index in [0.717, 1.165) is 17.2 Å². The van der Waals surface area contributed by atoms with Crippen molar-refractivity contribution in [2.45, 2.75) is 13.5 Å². The lowest BCUT2D eigenvalue weighted by Gasteiger charge is -2.02. The first kappa shape index (κ1) is 13.2. The molecule has 0 heterocycles. The topological polar surface area (TPSA) is 21.6 Å². The third-order valence-electron chi connectivity index (χ3n) is 2.57. The van der Waals surface area contributed by atoms with Gasteiger partial charge in [-0.3, -0.25) is 0 Å². The van der Waals surface area contributed by atoms with Gasteiger partial charge in [0.15, 0.2) is 11.6 Å². The summed E-state index contributed by atoms with van der Waals surface area (Å²) in [5, 5.41) is 3.73. The highest BCUT2D eigenvalue weighted by atomic mass is 19.2. The maximum absolute atomic E-state index is 13.3. The minimum Gasteiger partial charge on any atom is -0.391 e. The van der Waals surface area contributed by atoms with E-state index in [-0.39, 0.29) is 12.2 Å². The molecular formula is C15H13F2NO. The number of aryl methyl sites for hydroxylation is 1. The van der Waals surface area contributed by atoms with Crippen LogP contribution in [0.15, 0.2) is 47.6 Å². The highest BCUT2D eigenvalue weighted by Gasteiger charge is 2.07. The van der Waals surface area contributed by atoms with Crippen molar-refractivity contribution in [3.63, 3.8) is 0 Å².